The molecule has 0 aliphatic heterocycles. The highest BCUT2D eigenvalue weighted by Crippen LogP contribution is 2.05. The van der Waals surface area contributed by atoms with E-state index in [1.807, 2.05) is 19.0 Å². The molecule has 0 heterocycles. The molecule has 2 atom stereocenters. The van der Waals surface area contributed by atoms with E-state index in [9.17, 15) is 19.2 Å². The first-order chi connectivity index (χ1) is 12.2. The van der Waals surface area contributed by atoms with Crippen LogP contribution >= 0.6 is 0 Å². The normalized spacial score (nSPS) is 12.6. The Morgan fingerprint density at radius 3 is 2.38 bits per heavy atom. The number of nitrogens with zero attached hydrogens (tertiary/aromatic N) is 2. The number of hydrogen-bond donors (Lipinski definition) is 3. The summed E-state index contributed by atoms with van der Waals surface area (Å²) in [6.07, 6.45) is 2.03. The van der Waals surface area contributed by atoms with E-state index < -0.39 is 42.2 Å². The Morgan fingerprint density at radius 1 is 1.23 bits per heavy atom. The van der Waals surface area contributed by atoms with E-state index in [0.29, 0.717) is 12.8 Å². The maximum absolute atomic E-state index is 12.0. The van der Waals surface area contributed by atoms with Crippen molar-refractivity contribution in [2.45, 2.75) is 44.8 Å². The van der Waals surface area contributed by atoms with Gasteiger partial charge in [0.25, 0.3) is 12.2 Å². The molecule has 4 N–H and O–H groups in total. The maximum atomic E-state index is 12.0. The summed E-state index contributed by atoms with van der Waals surface area (Å²) in [5.41, 5.74) is 5.02. The molecule has 3 amide bonds. The van der Waals surface area contributed by atoms with Crippen molar-refractivity contribution in [3.05, 3.63) is 0 Å². The van der Waals surface area contributed by atoms with Crippen LogP contribution in [0.4, 0.5) is 0 Å². The van der Waals surface area contributed by atoms with E-state index in [0.717, 1.165) is 13.0 Å². The van der Waals surface area contributed by atoms with E-state index in [1.54, 1.807) is 0 Å². The zero-order valence-corrected chi connectivity index (χ0v) is 15.4. The van der Waals surface area contributed by atoms with Gasteiger partial charge in [-0.3, -0.25) is 19.2 Å². The summed E-state index contributed by atoms with van der Waals surface area (Å²) in [5.74, 6) is -2.39. The second-order valence-corrected chi connectivity index (χ2v) is 6.12. The molecule has 26 heavy (non-hydrogen) atoms. The second-order valence-electron chi connectivity index (χ2n) is 6.12. The Bertz CT molecular complexity index is 544. The van der Waals surface area contributed by atoms with Gasteiger partial charge in [-0.1, -0.05) is 0 Å². The molecule has 0 rings (SSSR count). The number of amides is 3. The minimum Gasteiger partial charge on any atom is -0.414 e. The van der Waals surface area contributed by atoms with Crippen molar-refractivity contribution in [1.29, 1.82) is 5.26 Å². The van der Waals surface area contributed by atoms with Gasteiger partial charge in [0.2, 0.25) is 11.8 Å². The first-order valence-electron chi connectivity index (χ1n) is 8.22. The molecule has 146 valence electrons. The van der Waals surface area contributed by atoms with Crippen LogP contribution in [0, 0.1) is 11.5 Å². The van der Waals surface area contributed by atoms with Gasteiger partial charge in [-0.25, -0.2) is 0 Å². The van der Waals surface area contributed by atoms with Gasteiger partial charge < -0.3 is 26.0 Å². The summed E-state index contributed by atoms with van der Waals surface area (Å²) in [7, 11) is 3.86. The SMILES string of the molecule is CC(=O)[C@H](CC(N)=O)NC(=O)CNC(=O)[C@H](CCCCN(C)C)OC#N. The molecule has 10 heteroatoms. The Labute approximate surface area is 153 Å². The van der Waals surface area contributed by atoms with Gasteiger partial charge in [-0.15, -0.1) is 0 Å². The molecule has 0 bridgehead atoms. The van der Waals surface area contributed by atoms with Crippen LogP contribution in [0.2, 0.25) is 0 Å². The van der Waals surface area contributed by atoms with Gasteiger partial charge >= 0.3 is 0 Å². The summed E-state index contributed by atoms with van der Waals surface area (Å²) < 4.78 is 4.75. The van der Waals surface area contributed by atoms with E-state index in [-0.39, 0.29) is 6.42 Å². The van der Waals surface area contributed by atoms with Crippen molar-refractivity contribution in [1.82, 2.24) is 15.5 Å². The molecule has 0 saturated carbocycles. The molecule has 0 aromatic rings. The van der Waals surface area contributed by atoms with Crippen LogP contribution in [0.15, 0.2) is 0 Å². The molecule has 0 unspecified atom stereocenters. The van der Waals surface area contributed by atoms with Gasteiger partial charge in [0.15, 0.2) is 11.9 Å². The zero-order valence-electron chi connectivity index (χ0n) is 15.4. The lowest BCUT2D eigenvalue weighted by molar-refractivity contribution is -0.133. The highest BCUT2D eigenvalue weighted by Gasteiger charge is 2.22. The Morgan fingerprint density at radius 2 is 1.88 bits per heavy atom. The van der Waals surface area contributed by atoms with Gasteiger partial charge in [0, 0.05) is 0 Å². The van der Waals surface area contributed by atoms with Crippen LogP contribution in [0.25, 0.3) is 0 Å². The number of nitrogens with one attached hydrogen (secondary N) is 2. The van der Waals surface area contributed by atoms with Crippen LogP contribution in [0.1, 0.15) is 32.6 Å². The number of primary amides is 1. The van der Waals surface area contributed by atoms with E-state index in [4.69, 9.17) is 15.7 Å². The third-order valence-electron chi connectivity index (χ3n) is 3.46. The van der Waals surface area contributed by atoms with Crippen molar-refractivity contribution in [3.63, 3.8) is 0 Å². The highest BCUT2D eigenvalue weighted by atomic mass is 16.5. The predicted octanol–water partition coefficient (Wildman–Crippen LogP) is -1.35. The molecular weight excluding hydrogens is 342 g/mol. The molecule has 0 aliphatic carbocycles. The predicted molar refractivity (Wildman–Crippen MR) is 92.3 cm³/mol. The molecule has 0 fully saturated rings. The second kappa shape index (κ2) is 12.7. The van der Waals surface area contributed by atoms with Crippen LogP contribution in [-0.4, -0.2) is 67.7 Å². The Hall–Kier alpha value is -2.67. The zero-order chi connectivity index (χ0) is 20.1. The smallest absolute Gasteiger partial charge is 0.287 e. The number of carbonyl (C=O) groups is 4. The van der Waals surface area contributed by atoms with Crippen molar-refractivity contribution in [3.8, 4) is 6.26 Å². The third kappa shape index (κ3) is 11.0. The van der Waals surface area contributed by atoms with Crippen molar-refractivity contribution in [2.24, 2.45) is 5.73 Å². The van der Waals surface area contributed by atoms with E-state index in [2.05, 4.69) is 10.6 Å². The fourth-order valence-corrected chi connectivity index (χ4v) is 2.09. The summed E-state index contributed by atoms with van der Waals surface area (Å²) in [6, 6.07) is -1.03. The van der Waals surface area contributed by atoms with Gasteiger partial charge in [0.1, 0.15) is 0 Å². The number of hydrogen-bond acceptors (Lipinski definition) is 7. The van der Waals surface area contributed by atoms with Crippen molar-refractivity contribution < 1.29 is 23.9 Å². The molecule has 0 aromatic heterocycles. The highest BCUT2D eigenvalue weighted by molar-refractivity contribution is 5.93. The van der Waals surface area contributed by atoms with Crippen LogP contribution in [0.5, 0.6) is 0 Å². The lowest BCUT2D eigenvalue weighted by Crippen LogP contribution is -2.48. The topological polar surface area (TPSA) is 155 Å². The largest absolute Gasteiger partial charge is 0.414 e. The summed E-state index contributed by atoms with van der Waals surface area (Å²) in [5, 5.41) is 13.3. The molecule has 0 spiro atoms. The average Bonchev–Trinajstić information content (AvgIpc) is 2.54. The number of nitriles is 1. The number of nitrogens with two attached hydrogens (primary N) is 1. The van der Waals surface area contributed by atoms with Crippen LogP contribution < -0.4 is 16.4 Å². The first kappa shape index (κ1) is 23.3. The van der Waals surface area contributed by atoms with E-state index in [1.165, 1.54) is 13.2 Å². The average molecular weight is 369 g/mol. The molecule has 0 radical (unpaired) electrons. The van der Waals surface area contributed by atoms with Crippen LogP contribution in [0.3, 0.4) is 0 Å². The van der Waals surface area contributed by atoms with Crippen LogP contribution in [-0.2, 0) is 23.9 Å². The first-order valence-corrected chi connectivity index (χ1v) is 8.22. The number of unbranched alkanes of at least 4 members (excludes halogenated alkanes) is 1. The standard InChI is InChI=1S/C16H27N5O5/c1-11(22)12(8-14(18)23)20-15(24)9-19-16(25)13(26-10-17)6-4-5-7-21(2)3/h12-13H,4-9H2,1-3H3,(H2,18,23)(H,19,25)(H,20,24)/t12-,13-/m0/s1. The number of ether oxygens (including phenoxy) is 1. The minimum atomic E-state index is -1.03. The summed E-state index contributed by atoms with van der Waals surface area (Å²) in [4.78, 5) is 48.1. The summed E-state index contributed by atoms with van der Waals surface area (Å²) >= 11 is 0. The lowest BCUT2D eigenvalue weighted by atomic mass is 10.1. The van der Waals surface area contributed by atoms with Crippen molar-refractivity contribution in [2.75, 3.05) is 27.2 Å². The Kier molecular flexibility index (Phi) is 11.4. The molecule has 0 saturated heterocycles. The molecule has 0 aromatic carbocycles. The van der Waals surface area contributed by atoms with Gasteiger partial charge in [0.05, 0.1) is 19.0 Å². The minimum absolute atomic E-state index is 0.318. The Balaban J connectivity index is 4.42. The monoisotopic (exact) mass is 369 g/mol. The number of Topliss-reactive ketones (excluding diaryl/α,β-unsaturated/α-hetero) is 1. The van der Waals surface area contributed by atoms with Gasteiger partial charge in [-0.05, 0) is 46.8 Å². The molecule has 10 nitrogen and oxygen atoms in total. The van der Waals surface area contributed by atoms with E-state index >= 15 is 0 Å². The molecule has 0 aliphatic rings. The quantitative estimate of drug-likeness (QED) is 0.268. The number of ketones is 1. The summed E-state index contributed by atoms with van der Waals surface area (Å²) in [6.45, 7) is 1.65. The number of rotatable bonds is 13. The van der Waals surface area contributed by atoms with Gasteiger partial charge in [-0.2, -0.15) is 5.26 Å². The molecular formula is C16H27N5O5. The maximum Gasteiger partial charge on any atom is 0.287 e. The lowest BCUT2D eigenvalue weighted by Gasteiger charge is -2.17. The number of carbonyl (C=O) groups excluding carboxylic acids is 4. The van der Waals surface area contributed by atoms with Crippen molar-refractivity contribution >= 4 is 23.5 Å². The fraction of sp³-hybridized carbons (Fsp3) is 0.688. The third-order valence-corrected chi connectivity index (χ3v) is 3.46. The fourth-order valence-electron chi connectivity index (χ4n) is 2.09.